The third-order valence-corrected chi connectivity index (χ3v) is 1.34. The molecule has 1 nitrogen and oxygen atoms in total. The van der Waals surface area contributed by atoms with E-state index in [1.807, 2.05) is 6.29 Å². The van der Waals surface area contributed by atoms with Gasteiger partial charge in [0.05, 0.1) is 0 Å². The summed E-state index contributed by atoms with van der Waals surface area (Å²) in [6.07, 6.45) is 4.45. The molecule has 47 valence electrons. The van der Waals surface area contributed by atoms with Crippen molar-refractivity contribution in [3.8, 4) is 0 Å². The highest BCUT2D eigenvalue weighted by molar-refractivity contribution is 9.09. The van der Waals surface area contributed by atoms with Crippen molar-refractivity contribution in [2.45, 2.75) is 31.0 Å². The van der Waals surface area contributed by atoms with Gasteiger partial charge in [-0.05, 0) is 12.8 Å². The van der Waals surface area contributed by atoms with E-state index in [9.17, 15) is 4.79 Å². The Morgan fingerprint density at radius 2 is 2.38 bits per heavy atom. The highest BCUT2D eigenvalue weighted by Crippen LogP contribution is 2.06. The van der Waals surface area contributed by atoms with E-state index in [1.165, 1.54) is 0 Å². The molecule has 0 heterocycles. The Kier molecular flexibility index (Phi) is 5.39. The first-order valence-electron chi connectivity index (χ1n) is 2.76. The lowest BCUT2D eigenvalue weighted by molar-refractivity contribution is 0.547. The fourth-order valence-corrected chi connectivity index (χ4v) is 0.779. The van der Waals surface area contributed by atoms with Gasteiger partial charge in [0.2, 0.25) is 0 Å². The molecule has 1 radical (unpaired) electrons. The van der Waals surface area contributed by atoms with Crippen LogP contribution in [0.2, 0.25) is 0 Å². The van der Waals surface area contributed by atoms with E-state index in [1.54, 1.807) is 0 Å². The monoisotopic (exact) mass is 177 g/mol. The molecular formula is C6H10BrO. The molecule has 0 aromatic heterocycles. The number of hydrogen-bond donors (Lipinski definition) is 0. The van der Waals surface area contributed by atoms with Gasteiger partial charge in [-0.3, -0.25) is 4.79 Å². The Hall–Kier alpha value is 0.150. The van der Waals surface area contributed by atoms with Crippen molar-refractivity contribution in [2.75, 3.05) is 0 Å². The van der Waals surface area contributed by atoms with E-state index in [0.29, 0.717) is 11.2 Å². The molecular weight excluding hydrogens is 168 g/mol. The van der Waals surface area contributed by atoms with Gasteiger partial charge in [0, 0.05) is 11.2 Å². The van der Waals surface area contributed by atoms with Gasteiger partial charge >= 0.3 is 0 Å². The van der Waals surface area contributed by atoms with Crippen molar-refractivity contribution >= 4 is 22.2 Å². The molecule has 2 heteroatoms. The lowest BCUT2D eigenvalue weighted by atomic mass is 10.2. The molecule has 0 aromatic carbocycles. The molecule has 0 aliphatic rings. The van der Waals surface area contributed by atoms with E-state index in [2.05, 4.69) is 22.9 Å². The molecule has 1 unspecified atom stereocenters. The van der Waals surface area contributed by atoms with Crippen LogP contribution in [0.5, 0.6) is 0 Å². The third kappa shape index (κ3) is 6.15. The van der Waals surface area contributed by atoms with Crippen LogP contribution in [0, 0.1) is 0 Å². The zero-order valence-corrected chi connectivity index (χ0v) is 6.57. The smallest absolute Gasteiger partial charge is 0.198 e. The summed E-state index contributed by atoms with van der Waals surface area (Å²) in [6, 6.07) is 0. The molecule has 0 aromatic rings. The first-order chi connectivity index (χ1) is 3.77. The standard InChI is InChI=1S/C6H10BrO/c1-6(7)4-2-3-5-8/h6H,2-4H2,1H3. The number of rotatable bonds is 4. The zero-order valence-electron chi connectivity index (χ0n) is 4.98. The van der Waals surface area contributed by atoms with E-state index in [4.69, 9.17) is 0 Å². The van der Waals surface area contributed by atoms with Crippen LogP contribution in [0.25, 0.3) is 0 Å². The summed E-state index contributed by atoms with van der Waals surface area (Å²) in [6.45, 7) is 2.07. The topological polar surface area (TPSA) is 17.1 Å². The fourth-order valence-electron chi connectivity index (χ4n) is 0.456. The quantitative estimate of drug-likeness (QED) is 0.475. The van der Waals surface area contributed by atoms with Crippen LogP contribution in [0.15, 0.2) is 0 Å². The normalized spacial score (nSPS) is 13.2. The van der Waals surface area contributed by atoms with Gasteiger partial charge in [0.25, 0.3) is 0 Å². The summed E-state index contributed by atoms with van der Waals surface area (Å²) in [5.74, 6) is 0. The van der Waals surface area contributed by atoms with Crippen LogP contribution in [0.4, 0.5) is 0 Å². The minimum atomic E-state index is 0.538. The molecule has 1 atom stereocenters. The average molecular weight is 178 g/mol. The number of hydrogen-bond acceptors (Lipinski definition) is 1. The Labute approximate surface area is 58.6 Å². The molecule has 0 fully saturated rings. The molecule has 0 aliphatic carbocycles. The van der Waals surface area contributed by atoms with Gasteiger partial charge in [-0.25, -0.2) is 0 Å². The maximum Gasteiger partial charge on any atom is 0.198 e. The Morgan fingerprint density at radius 1 is 1.75 bits per heavy atom. The lowest BCUT2D eigenvalue weighted by Crippen LogP contribution is -1.88. The van der Waals surface area contributed by atoms with Crippen molar-refractivity contribution in [2.24, 2.45) is 0 Å². The molecule has 0 N–H and O–H groups in total. The van der Waals surface area contributed by atoms with Gasteiger partial charge in [-0.1, -0.05) is 22.9 Å². The first-order valence-corrected chi connectivity index (χ1v) is 3.68. The Morgan fingerprint density at radius 3 is 2.75 bits per heavy atom. The van der Waals surface area contributed by atoms with Gasteiger partial charge in [0.1, 0.15) is 0 Å². The molecule has 0 rings (SSSR count). The van der Waals surface area contributed by atoms with Gasteiger partial charge < -0.3 is 0 Å². The molecule has 0 saturated heterocycles. The average Bonchev–Trinajstić information content (AvgIpc) is 1.66. The van der Waals surface area contributed by atoms with Crippen molar-refractivity contribution in [1.29, 1.82) is 0 Å². The fraction of sp³-hybridized carbons (Fsp3) is 0.833. The largest absolute Gasteiger partial charge is 0.291 e. The van der Waals surface area contributed by atoms with Gasteiger partial charge in [-0.15, -0.1) is 0 Å². The molecule has 0 bridgehead atoms. The predicted molar refractivity (Wildman–Crippen MR) is 37.9 cm³/mol. The summed E-state index contributed by atoms with van der Waals surface area (Å²) in [5.41, 5.74) is 0. The molecule has 0 aliphatic heterocycles. The van der Waals surface area contributed by atoms with Crippen molar-refractivity contribution in [3.63, 3.8) is 0 Å². The maximum atomic E-state index is 9.65. The minimum absolute atomic E-state index is 0.538. The highest BCUT2D eigenvalue weighted by atomic mass is 79.9. The molecule has 0 spiro atoms. The first kappa shape index (κ1) is 8.15. The Bertz CT molecular complexity index is 61.5. The van der Waals surface area contributed by atoms with Crippen LogP contribution in [-0.4, -0.2) is 11.1 Å². The molecule has 0 amide bonds. The lowest BCUT2D eigenvalue weighted by Gasteiger charge is -1.96. The van der Waals surface area contributed by atoms with E-state index in [0.717, 1.165) is 12.8 Å². The summed E-state index contributed by atoms with van der Waals surface area (Å²) in [7, 11) is 0. The second-order valence-electron chi connectivity index (χ2n) is 1.82. The van der Waals surface area contributed by atoms with Gasteiger partial charge in [0.15, 0.2) is 6.29 Å². The van der Waals surface area contributed by atoms with Crippen molar-refractivity contribution < 1.29 is 4.79 Å². The van der Waals surface area contributed by atoms with Crippen LogP contribution >= 0.6 is 15.9 Å². The summed E-state index contributed by atoms with van der Waals surface area (Å²) in [5, 5.41) is 0. The molecule has 0 saturated carbocycles. The van der Waals surface area contributed by atoms with E-state index < -0.39 is 0 Å². The van der Waals surface area contributed by atoms with Crippen molar-refractivity contribution in [1.82, 2.24) is 0 Å². The van der Waals surface area contributed by atoms with Crippen molar-refractivity contribution in [3.05, 3.63) is 0 Å². The maximum absolute atomic E-state index is 9.65. The van der Waals surface area contributed by atoms with Crippen LogP contribution in [-0.2, 0) is 4.79 Å². The SMILES string of the molecule is CC(Br)CCC[C]=O. The summed E-state index contributed by atoms with van der Waals surface area (Å²) < 4.78 is 0. The zero-order chi connectivity index (χ0) is 6.41. The molecule has 8 heavy (non-hydrogen) atoms. The Balaban J connectivity index is 2.81. The number of unbranched alkanes of at least 4 members (excludes halogenated alkanes) is 1. The summed E-state index contributed by atoms with van der Waals surface area (Å²) >= 11 is 3.37. The highest BCUT2D eigenvalue weighted by Gasteiger charge is 1.93. The summed E-state index contributed by atoms with van der Waals surface area (Å²) in [4.78, 5) is 10.2. The number of carbonyl (C=O) groups excluding carboxylic acids is 1. The van der Waals surface area contributed by atoms with E-state index in [-0.39, 0.29) is 0 Å². The second-order valence-corrected chi connectivity index (χ2v) is 3.38. The number of halogens is 1. The van der Waals surface area contributed by atoms with Crippen LogP contribution in [0.1, 0.15) is 26.2 Å². The third-order valence-electron chi connectivity index (χ3n) is 0.881. The minimum Gasteiger partial charge on any atom is -0.291 e. The predicted octanol–water partition coefficient (Wildman–Crippen LogP) is 2.05. The van der Waals surface area contributed by atoms with Crippen LogP contribution < -0.4 is 0 Å². The second kappa shape index (κ2) is 5.29. The van der Waals surface area contributed by atoms with E-state index >= 15 is 0 Å². The number of alkyl halides is 1. The van der Waals surface area contributed by atoms with Crippen LogP contribution in [0.3, 0.4) is 0 Å². The van der Waals surface area contributed by atoms with Gasteiger partial charge in [-0.2, -0.15) is 0 Å².